The normalized spacial score (nSPS) is 12.8. The first-order valence-electron chi connectivity index (χ1n) is 5.01. The van der Waals surface area contributed by atoms with E-state index in [4.69, 9.17) is 4.43 Å². The summed E-state index contributed by atoms with van der Waals surface area (Å²) < 4.78 is 5.81. The lowest BCUT2D eigenvalue weighted by molar-refractivity contribution is 0.320. The molecule has 0 spiro atoms. The molecule has 0 aliphatic heterocycles. The van der Waals surface area contributed by atoms with Crippen LogP contribution in [0.4, 0.5) is 0 Å². The van der Waals surface area contributed by atoms with E-state index in [1.165, 1.54) is 18.0 Å². The Balaban J connectivity index is 2.35. The van der Waals surface area contributed by atoms with E-state index >= 15 is 0 Å². The van der Waals surface area contributed by atoms with Gasteiger partial charge in [0.1, 0.15) is 0 Å². The van der Waals surface area contributed by atoms with Gasteiger partial charge in [0, 0.05) is 6.61 Å². The molecule has 1 unspecified atom stereocenters. The Kier molecular flexibility index (Phi) is 4.79. The van der Waals surface area contributed by atoms with Gasteiger partial charge in [-0.3, -0.25) is 0 Å². The van der Waals surface area contributed by atoms with Crippen LogP contribution in [-0.2, 0) is 4.43 Å². The minimum absolute atomic E-state index is 0.929. The van der Waals surface area contributed by atoms with E-state index in [0.29, 0.717) is 0 Å². The smallest absolute Gasteiger partial charge is 0.205 e. The lowest BCUT2D eigenvalue weighted by Gasteiger charge is -2.10. The van der Waals surface area contributed by atoms with Crippen molar-refractivity contribution < 1.29 is 4.43 Å². The van der Waals surface area contributed by atoms with Crippen molar-refractivity contribution in [3.63, 3.8) is 0 Å². The molecule has 1 aromatic rings. The van der Waals surface area contributed by atoms with Crippen molar-refractivity contribution in [2.45, 2.75) is 26.3 Å². The van der Waals surface area contributed by atoms with E-state index < -0.39 is 9.04 Å². The van der Waals surface area contributed by atoms with E-state index in [9.17, 15) is 0 Å². The molecule has 0 saturated heterocycles. The summed E-state index contributed by atoms with van der Waals surface area (Å²) >= 11 is 0. The van der Waals surface area contributed by atoms with Crippen molar-refractivity contribution in [3.05, 3.63) is 30.3 Å². The fourth-order valence-corrected chi connectivity index (χ4v) is 2.70. The molecule has 72 valence electrons. The predicted octanol–water partition coefficient (Wildman–Crippen LogP) is 2.06. The maximum absolute atomic E-state index is 5.81. The zero-order valence-corrected chi connectivity index (χ0v) is 9.65. The first-order chi connectivity index (χ1) is 6.34. The fourth-order valence-electron chi connectivity index (χ4n) is 1.22. The van der Waals surface area contributed by atoms with Crippen LogP contribution in [0.5, 0.6) is 0 Å². The fraction of sp³-hybridized carbons (Fsp3) is 0.455. The topological polar surface area (TPSA) is 9.23 Å². The summed E-state index contributed by atoms with van der Waals surface area (Å²) in [5, 5.41) is 1.40. The largest absolute Gasteiger partial charge is 0.416 e. The van der Waals surface area contributed by atoms with Crippen LogP contribution in [0.15, 0.2) is 30.3 Å². The molecule has 1 atom stereocenters. The summed E-state index contributed by atoms with van der Waals surface area (Å²) in [6, 6.07) is 10.6. The molecule has 13 heavy (non-hydrogen) atoms. The van der Waals surface area contributed by atoms with Crippen LogP contribution in [-0.4, -0.2) is 15.6 Å². The average Bonchev–Trinajstić information content (AvgIpc) is 2.19. The van der Waals surface area contributed by atoms with Crippen LogP contribution in [0.3, 0.4) is 0 Å². The standard InChI is InChI=1S/C11H18OSi/c1-3-4-10-12-13(2)11-8-6-5-7-9-11/h5-9,13H,3-4,10H2,1-2H3. The van der Waals surface area contributed by atoms with Crippen molar-refractivity contribution in [3.8, 4) is 0 Å². The highest BCUT2D eigenvalue weighted by Gasteiger charge is 2.05. The number of rotatable bonds is 5. The molecule has 1 rings (SSSR count). The van der Waals surface area contributed by atoms with Crippen molar-refractivity contribution in [2.24, 2.45) is 0 Å². The SMILES string of the molecule is CCCCO[SiH](C)c1ccccc1. The second-order valence-corrected chi connectivity index (χ2v) is 5.56. The maximum Gasteiger partial charge on any atom is 0.205 e. The monoisotopic (exact) mass is 194 g/mol. The lowest BCUT2D eigenvalue weighted by Crippen LogP contribution is -2.30. The zero-order chi connectivity index (χ0) is 9.52. The number of unbranched alkanes of at least 4 members (excludes halogenated alkanes) is 1. The average molecular weight is 194 g/mol. The molecular formula is C11H18OSi. The molecule has 0 aliphatic rings. The van der Waals surface area contributed by atoms with Crippen molar-refractivity contribution >= 4 is 14.2 Å². The molecule has 0 bridgehead atoms. The highest BCUT2D eigenvalue weighted by atomic mass is 28.3. The van der Waals surface area contributed by atoms with Crippen molar-refractivity contribution in [2.75, 3.05) is 6.61 Å². The van der Waals surface area contributed by atoms with E-state index in [0.717, 1.165) is 6.61 Å². The van der Waals surface area contributed by atoms with Crippen LogP contribution in [0.2, 0.25) is 6.55 Å². The second-order valence-electron chi connectivity index (χ2n) is 3.28. The summed E-state index contributed by atoms with van der Waals surface area (Å²) in [6.07, 6.45) is 2.40. The number of hydrogen-bond acceptors (Lipinski definition) is 1. The van der Waals surface area contributed by atoms with E-state index in [-0.39, 0.29) is 0 Å². The Hall–Kier alpha value is -0.603. The van der Waals surface area contributed by atoms with Gasteiger partial charge in [-0.1, -0.05) is 43.7 Å². The zero-order valence-electron chi connectivity index (χ0n) is 8.49. The Morgan fingerprint density at radius 1 is 1.23 bits per heavy atom. The molecule has 0 saturated carbocycles. The summed E-state index contributed by atoms with van der Waals surface area (Å²) in [5.41, 5.74) is 0. The van der Waals surface area contributed by atoms with Gasteiger partial charge in [-0.05, 0) is 18.2 Å². The molecule has 0 N–H and O–H groups in total. The van der Waals surface area contributed by atoms with Gasteiger partial charge in [-0.25, -0.2) is 0 Å². The van der Waals surface area contributed by atoms with Crippen LogP contribution in [0.1, 0.15) is 19.8 Å². The van der Waals surface area contributed by atoms with Gasteiger partial charge < -0.3 is 4.43 Å². The molecule has 0 aromatic heterocycles. The predicted molar refractivity (Wildman–Crippen MR) is 59.9 cm³/mol. The number of hydrogen-bond donors (Lipinski definition) is 0. The van der Waals surface area contributed by atoms with Crippen molar-refractivity contribution in [1.82, 2.24) is 0 Å². The summed E-state index contributed by atoms with van der Waals surface area (Å²) in [6.45, 7) is 5.36. The summed E-state index contributed by atoms with van der Waals surface area (Å²) in [4.78, 5) is 0. The summed E-state index contributed by atoms with van der Waals surface area (Å²) in [7, 11) is -1.09. The Morgan fingerprint density at radius 3 is 2.54 bits per heavy atom. The van der Waals surface area contributed by atoms with Gasteiger partial charge in [0.2, 0.25) is 9.04 Å². The van der Waals surface area contributed by atoms with E-state index in [1.54, 1.807) is 0 Å². The second kappa shape index (κ2) is 5.94. The molecule has 1 aromatic carbocycles. The van der Waals surface area contributed by atoms with Crippen LogP contribution in [0, 0.1) is 0 Å². The lowest BCUT2D eigenvalue weighted by atomic mass is 10.4. The van der Waals surface area contributed by atoms with Crippen LogP contribution in [0.25, 0.3) is 0 Å². The van der Waals surface area contributed by atoms with Gasteiger partial charge in [0.05, 0.1) is 0 Å². The highest BCUT2D eigenvalue weighted by molar-refractivity contribution is 6.66. The molecule has 0 amide bonds. The molecule has 0 fully saturated rings. The molecule has 0 heterocycles. The highest BCUT2D eigenvalue weighted by Crippen LogP contribution is 1.93. The quantitative estimate of drug-likeness (QED) is 0.515. The molecule has 2 heteroatoms. The van der Waals surface area contributed by atoms with Gasteiger partial charge >= 0.3 is 0 Å². The first-order valence-corrected chi connectivity index (χ1v) is 7.21. The third-order valence-corrected chi connectivity index (χ3v) is 4.19. The molecule has 1 nitrogen and oxygen atoms in total. The van der Waals surface area contributed by atoms with Gasteiger partial charge in [0.15, 0.2) is 0 Å². The van der Waals surface area contributed by atoms with Crippen LogP contribution < -0.4 is 5.19 Å². The summed E-state index contributed by atoms with van der Waals surface area (Å²) in [5.74, 6) is 0. The Morgan fingerprint density at radius 2 is 1.92 bits per heavy atom. The first kappa shape index (κ1) is 10.5. The molecule has 0 radical (unpaired) electrons. The minimum atomic E-state index is -1.09. The number of benzene rings is 1. The molecular weight excluding hydrogens is 176 g/mol. The van der Waals surface area contributed by atoms with Gasteiger partial charge in [-0.2, -0.15) is 0 Å². The Labute approximate surface area is 82.5 Å². The van der Waals surface area contributed by atoms with E-state index in [1.807, 2.05) is 0 Å². The Bertz CT molecular complexity index is 223. The third kappa shape index (κ3) is 3.74. The third-order valence-electron chi connectivity index (χ3n) is 2.13. The van der Waals surface area contributed by atoms with E-state index in [2.05, 4.69) is 43.8 Å². The van der Waals surface area contributed by atoms with Crippen LogP contribution >= 0.6 is 0 Å². The van der Waals surface area contributed by atoms with Gasteiger partial charge in [-0.15, -0.1) is 0 Å². The minimum Gasteiger partial charge on any atom is -0.416 e. The maximum atomic E-state index is 5.81. The van der Waals surface area contributed by atoms with Gasteiger partial charge in [0.25, 0.3) is 0 Å². The van der Waals surface area contributed by atoms with Crippen molar-refractivity contribution in [1.29, 1.82) is 0 Å². The molecule has 0 aliphatic carbocycles.